The molecule has 4 aromatic rings. The quantitative estimate of drug-likeness (QED) is 0.324. The van der Waals surface area contributed by atoms with E-state index in [-0.39, 0.29) is 12.5 Å². The third-order valence-electron chi connectivity index (χ3n) is 5.32. The van der Waals surface area contributed by atoms with Gasteiger partial charge in [0, 0.05) is 22.0 Å². The van der Waals surface area contributed by atoms with Crippen LogP contribution in [0.1, 0.15) is 43.7 Å². The monoisotopic (exact) mass is 502 g/mol. The van der Waals surface area contributed by atoms with Gasteiger partial charge in [-0.15, -0.1) is 0 Å². The average Bonchev–Trinajstić information content (AvgIpc) is 3.26. The van der Waals surface area contributed by atoms with E-state index in [0.717, 1.165) is 5.69 Å². The van der Waals surface area contributed by atoms with Gasteiger partial charge in [-0.05, 0) is 68.4 Å². The van der Waals surface area contributed by atoms with Crippen LogP contribution < -0.4 is 10.6 Å². The Morgan fingerprint density at radius 1 is 0.889 bits per heavy atom. The molecule has 0 aliphatic heterocycles. The number of carbonyl (C=O) groups is 3. The van der Waals surface area contributed by atoms with E-state index in [4.69, 9.17) is 16.3 Å². The molecule has 0 aliphatic carbocycles. The van der Waals surface area contributed by atoms with Gasteiger partial charge in [0.25, 0.3) is 11.8 Å². The minimum Gasteiger partial charge on any atom is -0.462 e. The van der Waals surface area contributed by atoms with E-state index >= 15 is 0 Å². The van der Waals surface area contributed by atoms with E-state index in [9.17, 15) is 14.4 Å². The van der Waals surface area contributed by atoms with Crippen LogP contribution in [0.15, 0.2) is 79.0 Å². The molecule has 1 heterocycles. The van der Waals surface area contributed by atoms with Gasteiger partial charge in [-0.1, -0.05) is 29.8 Å². The third-order valence-corrected chi connectivity index (χ3v) is 5.56. The lowest BCUT2D eigenvalue weighted by atomic mass is 10.1. The molecule has 36 heavy (non-hydrogen) atoms. The summed E-state index contributed by atoms with van der Waals surface area (Å²) in [4.78, 5) is 37.7. The van der Waals surface area contributed by atoms with Crippen molar-refractivity contribution in [3.05, 3.63) is 106 Å². The molecule has 1 aromatic heterocycles. The Bertz CT molecular complexity index is 1450. The first-order valence-corrected chi connectivity index (χ1v) is 11.5. The van der Waals surface area contributed by atoms with Crippen LogP contribution in [0.5, 0.6) is 0 Å². The SMILES string of the molecule is CCOC(=O)c1cccc(NC(=O)c2cccc(NC(=O)c3cnn(-c4cccc(Cl)c4)c3C)c2)c1. The number of anilines is 2. The minimum absolute atomic E-state index is 0.259. The van der Waals surface area contributed by atoms with Crippen LogP contribution in [-0.4, -0.2) is 34.2 Å². The van der Waals surface area contributed by atoms with Crippen LogP contribution in [0, 0.1) is 6.92 Å². The largest absolute Gasteiger partial charge is 0.462 e. The highest BCUT2D eigenvalue weighted by molar-refractivity contribution is 6.30. The zero-order valence-corrected chi connectivity index (χ0v) is 20.4. The summed E-state index contributed by atoms with van der Waals surface area (Å²) in [5.41, 5.74) is 3.34. The van der Waals surface area contributed by atoms with Crippen molar-refractivity contribution in [2.24, 2.45) is 0 Å². The molecule has 9 heteroatoms. The lowest BCUT2D eigenvalue weighted by molar-refractivity contribution is 0.0526. The Morgan fingerprint density at radius 2 is 1.53 bits per heavy atom. The van der Waals surface area contributed by atoms with Crippen molar-refractivity contribution in [1.29, 1.82) is 0 Å². The van der Waals surface area contributed by atoms with Crippen LogP contribution >= 0.6 is 11.6 Å². The fourth-order valence-corrected chi connectivity index (χ4v) is 3.76. The van der Waals surface area contributed by atoms with Crippen molar-refractivity contribution >= 4 is 40.8 Å². The van der Waals surface area contributed by atoms with E-state index in [1.165, 1.54) is 6.20 Å². The van der Waals surface area contributed by atoms with Gasteiger partial charge in [0.15, 0.2) is 0 Å². The molecule has 0 bridgehead atoms. The average molecular weight is 503 g/mol. The van der Waals surface area contributed by atoms with Gasteiger partial charge in [0.2, 0.25) is 0 Å². The molecule has 0 saturated carbocycles. The van der Waals surface area contributed by atoms with Gasteiger partial charge in [-0.2, -0.15) is 5.10 Å². The normalized spacial score (nSPS) is 10.5. The number of nitrogens with one attached hydrogen (secondary N) is 2. The number of hydrogen-bond donors (Lipinski definition) is 2. The number of amides is 2. The van der Waals surface area contributed by atoms with Crippen LogP contribution in [0.2, 0.25) is 5.02 Å². The van der Waals surface area contributed by atoms with E-state index in [2.05, 4.69) is 15.7 Å². The number of rotatable bonds is 7. The zero-order valence-electron chi connectivity index (χ0n) is 19.6. The van der Waals surface area contributed by atoms with Gasteiger partial charge < -0.3 is 15.4 Å². The summed E-state index contributed by atoms with van der Waals surface area (Å²) >= 11 is 6.08. The first-order chi connectivity index (χ1) is 17.4. The lowest BCUT2D eigenvalue weighted by Crippen LogP contribution is -2.15. The molecule has 182 valence electrons. The molecule has 0 unspecified atom stereocenters. The molecule has 0 aliphatic rings. The Hall–Kier alpha value is -4.43. The van der Waals surface area contributed by atoms with Gasteiger partial charge >= 0.3 is 5.97 Å². The molecule has 4 rings (SSSR count). The number of carbonyl (C=O) groups excluding carboxylic acids is 3. The molecule has 2 amide bonds. The minimum atomic E-state index is -0.465. The van der Waals surface area contributed by atoms with E-state index < -0.39 is 11.9 Å². The molecule has 0 spiro atoms. The maximum absolute atomic E-state index is 12.9. The summed E-state index contributed by atoms with van der Waals surface area (Å²) in [6, 6.07) is 20.2. The number of ether oxygens (including phenoxy) is 1. The molecular weight excluding hydrogens is 480 g/mol. The Morgan fingerprint density at radius 3 is 2.22 bits per heavy atom. The van der Waals surface area contributed by atoms with Gasteiger partial charge in [-0.25, -0.2) is 9.48 Å². The smallest absolute Gasteiger partial charge is 0.338 e. The Kier molecular flexibility index (Phi) is 7.46. The maximum atomic E-state index is 12.9. The fourth-order valence-electron chi connectivity index (χ4n) is 3.58. The highest BCUT2D eigenvalue weighted by Crippen LogP contribution is 2.20. The molecule has 0 radical (unpaired) electrons. The summed E-state index contributed by atoms with van der Waals surface area (Å²) in [5.74, 6) is -1.22. The first kappa shape index (κ1) is 24.7. The van der Waals surface area contributed by atoms with Crippen LogP contribution in [0.4, 0.5) is 11.4 Å². The van der Waals surface area contributed by atoms with Gasteiger partial charge in [-0.3, -0.25) is 9.59 Å². The lowest BCUT2D eigenvalue weighted by Gasteiger charge is -2.10. The Balaban J connectivity index is 1.47. The predicted molar refractivity (Wildman–Crippen MR) is 138 cm³/mol. The van der Waals surface area contributed by atoms with E-state index in [0.29, 0.717) is 38.8 Å². The van der Waals surface area contributed by atoms with Gasteiger partial charge in [0.05, 0.1) is 35.3 Å². The zero-order chi connectivity index (χ0) is 25.7. The second-order valence-electron chi connectivity index (χ2n) is 7.83. The molecular formula is C27H23ClN4O4. The Labute approximate surface area is 212 Å². The summed E-state index contributed by atoms with van der Waals surface area (Å²) < 4.78 is 6.63. The second-order valence-corrected chi connectivity index (χ2v) is 8.26. The molecule has 0 atom stereocenters. The number of benzene rings is 3. The van der Waals surface area contributed by atoms with Crippen LogP contribution in [-0.2, 0) is 4.74 Å². The maximum Gasteiger partial charge on any atom is 0.338 e. The molecule has 3 aromatic carbocycles. The van der Waals surface area contributed by atoms with Gasteiger partial charge in [0.1, 0.15) is 0 Å². The van der Waals surface area contributed by atoms with E-state index in [1.54, 1.807) is 79.2 Å². The molecule has 2 N–H and O–H groups in total. The number of esters is 1. The standard InChI is InChI=1S/C27H23ClN4O4/c1-3-36-27(35)19-8-5-11-22(14-19)30-25(33)18-7-4-10-21(13-18)31-26(34)24-16-29-32(17(24)2)23-12-6-9-20(28)15-23/h4-16H,3H2,1-2H3,(H,30,33)(H,31,34). The summed E-state index contributed by atoms with van der Waals surface area (Å²) in [6.45, 7) is 3.77. The van der Waals surface area contributed by atoms with Crippen molar-refractivity contribution in [3.8, 4) is 5.69 Å². The highest BCUT2D eigenvalue weighted by Gasteiger charge is 2.17. The third kappa shape index (κ3) is 5.61. The van der Waals surface area contributed by atoms with Crippen molar-refractivity contribution in [2.75, 3.05) is 17.2 Å². The number of hydrogen-bond acceptors (Lipinski definition) is 5. The fraction of sp³-hybridized carbons (Fsp3) is 0.111. The van der Waals surface area contributed by atoms with E-state index in [1.807, 2.05) is 12.1 Å². The second kappa shape index (κ2) is 10.9. The highest BCUT2D eigenvalue weighted by atomic mass is 35.5. The number of halogens is 1. The molecule has 8 nitrogen and oxygen atoms in total. The number of nitrogens with zero attached hydrogens (tertiary/aromatic N) is 2. The van der Waals surface area contributed by atoms with Crippen molar-refractivity contribution in [3.63, 3.8) is 0 Å². The first-order valence-electron chi connectivity index (χ1n) is 11.2. The van der Waals surface area contributed by atoms with Crippen molar-refractivity contribution in [2.45, 2.75) is 13.8 Å². The number of aromatic nitrogens is 2. The van der Waals surface area contributed by atoms with Crippen molar-refractivity contribution in [1.82, 2.24) is 9.78 Å². The molecule has 0 saturated heterocycles. The topological polar surface area (TPSA) is 102 Å². The predicted octanol–water partition coefficient (Wildman–Crippen LogP) is 5.52. The summed E-state index contributed by atoms with van der Waals surface area (Å²) in [6.07, 6.45) is 1.48. The van der Waals surface area contributed by atoms with Crippen LogP contribution in [0.3, 0.4) is 0 Å². The summed E-state index contributed by atoms with van der Waals surface area (Å²) in [7, 11) is 0. The summed E-state index contributed by atoms with van der Waals surface area (Å²) in [5, 5.41) is 10.5. The van der Waals surface area contributed by atoms with Crippen molar-refractivity contribution < 1.29 is 19.1 Å². The van der Waals surface area contributed by atoms with Crippen LogP contribution in [0.25, 0.3) is 5.69 Å². The molecule has 0 fully saturated rings.